The van der Waals surface area contributed by atoms with Crippen LogP contribution >= 0.6 is 17.0 Å². The lowest BCUT2D eigenvalue weighted by atomic mass is 9.86. The molecule has 1 rings (SSSR count). The zero-order chi connectivity index (χ0) is 12.5. The van der Waals surface area contributed by atoms with Crippen molar-refractivity contribution >= 4 is 22.9 Å². The lowest BCUT2D eigenvalue weighted by molar-refractivity contribution is -0.135. The molecule has 0 saturated carbocycles. The van der Waals surface area contributed by atoms with Gasteiger partial charge in [-0.05, 0) is 5.41 Å². The molecule has 3 atom stereocenters. The van der Waals surface area contributed by atoms with Gasteiger partial charge in [-0.25, -0.2) is 4.39 Å². The van der Waals surface area contributed by atoms with Crippen LogP contribution in [0.15, 0.2) is 0 Å². The van der Waals surface area contributed by atoms with E-state index in [4.69, 9.17) is 11.0 Å². The molecular formula is C11H21BrFN3O2. The standard InChI is InChI=1S/C11H18FN3O.BrH.H2O/c1-11(2,3)9(14)10(16)15-6-7(12)4-8(15)5-13;;/h7-9H,4,6,14H2,1-3H3;1H;1H2/t7-,8-,9+;;/m0../s1. The Morgan fingerprint density at radius 1 is 1.56 bits per heavy atom. The number of amides is 1. The average molecular weight is 326 g/mol. The summed E-state index contributed by atoms with van der Waals surface area (Å²) in [5, 5.41) is 8.84. The highest BCUT2D eigenvalue weighted by Crippen LogP contribution is 2.25. The van der Waals surface area contributed by atoms with Gasteiger partial charge in [0, 0.05) is 6.42 Å². The van der Waals surface area contributed by atoms with Crippen LogP contribution in [0.2, 0.25) is 0 Å². The summed E-state index contributed by atoms with van der Waals surface area (Å²) in [5.41, 5.74) is 5.43. The van der Waals surface area contributed by atoms with Crippen molar-refractivity contribution in [1.29, 1.82) is 5.26 Å². The molecule has 106 valence electrons. The predicted octanol–water partition coefficient (Wildman–Crippen LogP) is 0.576. The van der Waals surface area contributed by atoms with Crippen LogP contribution in [0.3, 0.4) is 0 Å². The summed E-state index contributed by atoms with van der Waals surface area (Å²) in [7, 11) is 0. The molecule has 0 bridgehead atoms. The molecule has 1 saturated heterocycles. The highest BCUT2D eigenvalue weighted by atomic mass is 79.9. The molecule has 1 aliphatic heterocycles. The van der Waals surface area contributed by atoms with Gasteiger partial charge in [0.25, 0.3) is 0 Å². The van der Waals surface area contributed by atoms with Crippen molar-refractivity contribution in [1.82, 2.24) is 4.90 Å². The Morgan fingerprint density at radius 2 is 2.06 bits per heavy atom. The van der Waals surface area contributed by atoms with Gasteiger partial charge >= 0.3 is 0 Å². The number of nitrogens with zero attached hydrogens (tertiary/aromatic N) is 2. The van der Waals surface area contributed by atoms with Crippen LogP contribution in [-0.4, -0.2) is 41.1 Å². The van der Waals surface area contributed by atoms with Crippen LogP contribution in [-0.2, 0) is 4.79 Å². The molecule has 0 aromatic heterocycles. The summed E-state index contributed by atoms with van der Waals surface area (Å²) >= 11 is 0. The van der Waals surface area contributed by atoms with Gasteiger partial charge in [0.1, 0.15) is 12.2 Å². The number of rotatable bonds is 1. The van der Waals surface area contributed by atoms with Gasteiger partial charge in [-0.3, -0.25) is 4.79 Å². The average Bonchev–Trinajstić information content (AvgIpc) is 2.55. The van der Waals surface area contributed by atoms with Crippen molar-refractivity contribution in [3.05, 3.63) is 0 Å². The minimum atomic E-state index is -1.11. The third kappa shape index (κ3) is 4.19. The number of likely N-dealkylation sites (tertiary alicyclic amines) is 1. The Bertz CT molecular complexity index is 327. The van der Waals surface area contributed by atoms with Crippen LogP contribution in [0.5, 0.6) is 0 Å². The lowest BCUT2D eigenvalue weighted by Gasteiger charge is -2.30. The molecule has 0 aromatic rings. The topological polar surface area (TPSA) is 102 Å². The Hall–Kier alpha value is -0.710. The molecular weight excluding hydrogens is 305 g/mol. The molecule has 0 aliphatic carbocycles. The third-order valence-electron chi connectivity index (χ3n) is 2.88. The minimum Gasteiger partial charge on any atom is -0.412 e. The summed E-state index contributed by atoms with van der Waals surface area (Å²) in [6.45, 7) is 5.53. The van der Waals surface area contributed by atoms with Gasteiger partial charge in [0.15, 0.2) is 0 Å². The van der Waals surface area contributed by atoms with Crippen molar-refractivity contribution in [2.45, 2.75) is 45.4 Å². The van der Waals surface area contributed by atoms with E-state index in [9.17, 15) is 9.18 Å². The first-order chi connectivity index (χ1) is 7.27. The lowest BCUT2D eigenvalue weighted by Crippen LogP contribution is -2.51. The van der Waals surface area contributed by atoms with Gasteiger partial charge < -0.3 is 16.1 Å². The number of hydrogen-bond acceptors (Lipinski definition) is 3. The zero-order valence-electron chi connectivity index (χ0n) is 10.8. The Balaban J connectivity index is 0. The van der Waals surface area contributed by atoms with Crippen LogP contribution in [0.25, 0.3) is 0 Å². The molecule has 0 spiro atoms. The number of nitrogens with two attached hydrogens (primary N) is 1. The first-order valence-corrected chi connectivity index (χ1v) is 5.37. The normalized spacial score (nSPS) is 24.6. The van der Waals surface area contributed by atoms with Gasteiger partial charge in [-0.2, -0.15) is 5.26 Å². The van der Waals surface area contributed by atoms with Crippen molar-refractivity contribution in [2.75, 3.05) is 6.54 Å². The monoisotopic (exact) mass is 325 g/mol. The third-order valence-corrected chi connectivity index (χ3v) is 2.88. The van der Waals surface area contributed by atoms with E-state index in [1.807, 2.05) is 26.8 Å². The summed E-state index contributed by atoms with van der Waals surface area (Å²) in [6.07, 6.45) is -1.01. The van der Waals surface area contributed by atoms with Crippen LogP contribution < -0.4 is 5.73 Å². The van der Waals surface area contributed by atoms with E-state index in [-0.39, 0.29) is 46.7 Å². The molecule has 5 nitrogen and oxygen atoms in total. The van der Waals surface area contributed by atoms with Crippen molar-refractivity contribution in [3.63, 3.8) is 0 Å². The highest BCUT2D eigenvalue weighted by Gasteiger charge is 2.40. The van der Waals surface area contributed by atoms with E-state index < -0.39 is 18.3 Å². The van der Waals surface area contributed by atoms with Gasteiger partial charge in [0.05, 0.1) is 18.7 Å². The first kappa shape index (κ1) is 19.6. The molecule has 0 unspecified atom stereocenters. The fourth-order valence-electron chi connectivity index (χ4n) is 1.70. The maximum absolute atomic E-state index is 13.1. The molecule has 0 aromatic carbocycles. The van der Waals surface area contributed by atoms with Gasteiger partial charge in [-0.1, -0.05) is 20.8 Å². The summed E-state index contributed by atoms with van der Waals surface area (Å²) in [4.78, 5) is 13.3. The van der Waals surface area contributed by atoms with E-state index in [0.717, 1.165) is 0 Å². The number of carbonyl (C=O) groups is 1. The molecule has 18 heavy (non-hydrogen) atoms. The van der Waals surface area contributed by atoms with Gasteiger partial charge in [0.2, 0.25) is 5.91 Å². The van der Waals surface area contributed by atoms with Crippen LogP contribution in [0.1, 0.15) is 27.2 Å². The molecule has 0 radical (unpaired) electrons. The molecule has 7 heteroatoms. The van der Waals surface area contributed by atoms with E-state index in [1.54, 1.807) is 0 Å². The second-order valence-electron chi connectivity index (χ2n) is 5.31. The van der Waals surface area contributed by atoms with E-state index in [1.165, 1.54) is 4.90 Å². The zero-order valence-corrected chi connectivity index (χ0v) is 12.5. The maximum Gasteiger partial charge on any atom is 0.241 e. The van der Waals surface area contributed by atoms with E-state index >= 15 is 0 Å². The molecule has 1 amide bonds. The summed E-state index contributed by atoms with van der Waals surface area (Å²) in [6, 6.07) is 0.570. The number of carbonyl (C=O) groups excluding carboxylic acids is 1. The Morgan fingerprint density at radius 3 is 2.44 bits per heavy atom. The molecule has 1 heterocycles. The molecule has 1 fully saturated rings. The molecule has 4 N–H and O–H groups in total. The number of halogens is 2. The van der Waals surface area contributed by atoms with E-state index in [2.05, 4.69) is 0 Å². The van der Waals surface area contributed by atoms with E-state index in [0.29, 0.717) is 0 Å². The largest absolute Gasteiger partial charge is 0.412 e. The second-order valence-corrected chi connectivity index (χ2v) is 5.31. The maximum atomic E-state index is 13.1. The predicted molar refractivity (Wildman–Crippen MR) is 72.0 cm³/mol. The number of hydrogen-bond donors (Lipinski definition) is 1. The van der Waals surface area contributed by atoms with Crippen LogP contribution in [0.4, 0.5) is 4.39 Å². The van der Waals surface area contributed by atoms with Crippen molar-refractivity contribution < 1.29 is 14.7 Å². The SMILES string of the molecule is Br.CC(C)(C)[C@H](N)C(=O)N1C[C@@H](F)C[C@H]1C#N.O. The van der Waals surface area contributed by atoms with Crippen LogP contribution in [0, 0.1) is 16.7 Å². The number of alkyl halides is 1. The fraction of sp³-hybridized carbons (Fsp3) is 0.818. The minimum absolute atomic E-state index is 0. The second kappa shape index (κ2) is 7.02. The summed E-state index contributed by atoms with van der Waals surface area (Å²) in [5.74, 6) is -0.334. The van der Waals surface area contributed by atoms with Crippen molar-refractivity contribution in [2.24, 2.45) is 11.1 Å². The molecule has 1 aliphatic rings. The Kier molecular flexibility index (Phi) is 7.66. The Labute approximate surface area is 117 Å². The van der Waals surface area contributed by atoms with Crippen molar-refractivity contribution in [3.8, 4) is 6.07 Å². The summed E-state index contributed by atoms with van der Waals surface area (Å²) < 4.78 is 13.1. The first-order valence-electron chi connectivity index (χ1n) is 5.37. The van der Waals surface area contributed by atoms with Gasteiger partial charge in [-0.15, -0.1) is 17.0 Å². The quantitative estimate of drug-likeness (QED) is 0.762. The highest BCUT2D eigenvalue weighted by molar-refractivity contribution is 8.93. The number of nitriles is 1. The fourth-order valence-corrected chi connectivity index (χ4v) is 1.70. The smallest absolute Gasteiger partial charge is 0.241 e.